The first-order valence-corrected chi connectivity index (χ1v) is 8.56. The van der Waals surface area contributed by atoms with Crippen LogP contribution >= 0.6 is 0 Å². The molecule has 1 aliphatic rings. The van der Waals surface area contributed by atoms with E-state index in [1.165, 1.54) is 6.42 Å². The van der Waals surface area contributed by atoms with Gasteiger partial charge >= 0.3 is 0 Å². The summed E-state index contributed by atoms with van der Waals surface area (Å²) in [5.41, 5.74) is 2.07. The zero-order valence-electron chi connectivity index (χ0n) is 13.9. The molecule has 0 aliphatic carbocycles. The number of pyridine rings is 1. The van der Waals surface area contributed by atoms with Crippen molar-refractivity contribution < 1.29 is 4.79 Å². The van der Waals surface area contributed by atoms with Gasteiger partial charge in [0.1, 0.15) is 11.5 Å². The minimum Gasteiger partial charge on any atom is -0.321 e. The molecule has 6 nitrogen and oxygen atoms in total. The fourth-order valence-electron chi connectivity index (χ4n) is 3.13. The van der Waals surface area contributed by atoms with Crippen LogP contribution in [0.15, 0.2) is 48.7 Å². The number of anilines is 1. The lowest BCUT2D eigenvalue weighted by atomic mass is 10.2. The van der Waals surface area contributed by atoms with Gasteiger partial charge in [-0.05, 0) is 37.1 Å². The van der Waals surface area contributed by atoms with Crippen LogP contribution in [0.25, 0.3) is 11.4 Å². The molecule has 0 radical (unpaired) electrons. The van der Waals surface area contributed by atoms with Crippen molar-refractivity contribution in [1.29, 1.82) is 0 Å². The maximum absolute atomic E-state index is 12.3. The van der Waals surface area contributed by atoms with Crippen molar-refractivity contribution in [2.45, 2.75) is 32.2 Å². The molecule has 0 bridgehead atoms. The molecule has 0 atom stereocenters. The molecule has 4 rings (SSSR count). The van der Waals surface area contributed by atoms with E-state index in [0.29, 0.717) is 5.69 Å². The summed E-state index contributed by atoms with van der Waals surface area (Å²) < 4.78 is 2.20. The van der Waals surface area contributed by atoms with E-state index < -0.39 is 0 Å². The van der Waals surface area contributed by atoms with Crippen LogP contribution in [0.1, 0.15) is 35.6 Å². The van der Waals surface area contributed by atoms with Gasteiger partial charge in [-0.3, -0.25) is 9.78 Å². The molecule has 0 saturated heterocycles. The van der Waals surface area contributed by atoms with Crippen molar-refractivity contribution in [3.8, 4) is 11.4 Å². The second-order valence-electron chi connectivity index (χ2n) is 6.15. The van der Waals surface area contributed by atoms with Gasteiger partial charge in [0, 0.05) is 30.4 Å². The summed E-state index contributed by atoms with van der Waals surface area (Å²) in [6.45, 7) is 0.947. The second-order valence-corrected chi connectivity index (χ2v) is 6.15. The predicted molar refractivity (Wildman–Crippen MR) is 95.2 cm³/mol. The molecular formula is C19H19N5O. The predicted octanol–water partition coefficient (Wildman–Crippen LogP) is 3.32. The van der Waals surface area contributed by atoms with Crippen molar-refractivity contribution in [1.82, 2.24) is 19.7 Å². The minimum atomic E-state index is -0.224. The highest BCUT2D eigenvalue weighted by molar-refractivity contribution is 6.03. The van der Waals surface area contributed by atoms with Gasteiger partial charge in [-0.25, -0.2) is 0 Å². The molecule has 1 aliphatic heterocycles. The van der Waals surface area contributed by atoms with Gasteiger partial charge in [-0.2, -0.15) is 0 Å². The lowest BCUT2D eigenvalue weighted by Gasteiger charge is -2.09. The minimum absolute atomic E-state index is 0.224. The van der Waals surface area contributed by atoms with Crippen molar-refractivity contribution in [3.05, 3.63) is 60.2 Å². The molecule has 6 heteroatoms. The largest absolute Gasteiger partial charge is 0.321 e. The van der Waals surface area contributed by atoms with Gasteiger partial charge < -0.3 is 9.88 Å². The van der Waals surface area contributed by atoms with Crippen LogP contribution in [0.4, 0.5) is 5.69 Å². The second kappa shape index (κ2) is 6.84. The highest BCUT2D eigenvalue weighted by Gasteiger charge is 2.16. The van der Waals surface area contributed by atoms with Gasteiger partial charge in [0.25, 0.3) is 5.91 Å². The normalized spacial score (nSPS) is 13.8. The molecule has 0 spiro atoms. The number of benzene rings is 1. The zero-order chi connectivity index (χ0) is 17.1. The third-order valence-electron chi connectivity index (χ3n) is 4.39. The Balaban J connectivity index is 1.60. The number of carbonyl (C=O) groups excluding carboxylic acids is 1. The van der Waals surface area contributed by atoms with E-state index in [0.717, 1.165) is 48.7 Å². The van der Waals surface area contributed by atoms with E-state index >= 15 is 0 Å². The first-order valence-electron chi connectivity index (χ1n) is 8.56. The van der Waals surface area contributed by atoms with E-state index in [1.54, 1.807) is 24.4 Å². The Morgan fingerprint density at radius 1 is 1.04 bits per heavy atom. The molecule has 3 aromatic rings. The van der Waals surface area contributed by atoms with Crippen molar-refractivity contribution in [3.63, 3.8) is 0 Å². The topological polar surface area (TPSA) is 72.7 Å². The third kappa shape index (κ3) is 3.28. The average molecular weight is 333 g/mol. The smallest absolute Gasteiger partial charge is 0.274 e. The summed E-state index contributed by atoms with van der Waals surface area (Å²) in [5.74, 6) is 1.69. The van der Waals surface area contributed by atoms with E-state index in [1.807, 2.05) is 24.3 Å². The fourth-order valence-corrected chi connectivity index (χ4v) is 3.13. The Morgan fingerprint density at radius 2 is 2.00 bits per heavy atom. The Kier molecular flexibility index (Phi) is 4.24. The van der Waals surface area contributed by atoms with Crippen LogP contribution in [0.2, 0.25) is 0 Å². The molecule has 0 unspecified atom stereocenters. The Morgan fingerprint density at radius 3 is 2.88 bits per heavy atom. The number of rotatable bonds is 3. The standard InChI is InChI=1S/C19H19N5O/c25-19(16-9-3-4-11-20-16)21-15-8-6-7-14(13-15)18-23-22-17-10-2-1-5-12-24(17)18/h3-4,6-9,11,13H,1-2,5,10,12H2,(H,21,25). The molecule has 0 saturated carbocycles. The molecule has 1 amide bonds. The number of carbonyl (C=O) groups is 1. The molecular weight excluding hydrogens is 314 g/mol. The molecule has 2 aromatic heterocycles. The number of nitrogens with zero attached hydrogens (tertiary/aromatic N) is 4. The molecule has 126 valence electrons. The third-order valence-corrected chi connectivity index (χ3v) is 4.39. The van der Waals surface area contributed by atoms with Gasteiger partial charge in [-0.15, -0.1) is 10.2 Å². The van der Waals surface area contributed by atoms with Crippen molar-refractivity contribution >= 4 is 11.6 Å². The van der Waals surface area contributed by atoms with Crippen LogP contribution in [0.5, 0.6) is 0 Å². The van der Waals surface area contributed by atoms with E-state index in [9.17, 15) is 4.79 Å². The fraction of sp³-hybridized carbons (Fsp3) is 0.263. The number of hydrogen-bond donors (Lipinski definition) is 1. The maximum Gasteiger partial charge on any atom is 0.274 e. The maximum atomic E-state index is 12.3. The SMILES string of the molecule is O=C(Nc1cccc(-c2nnc3n2CCCCC3)c1)c1ccccn1. The first-order chi connectivity index (χ1) is 12.3. The summed E-state index contributed by atoms with van der Waals surface area (Å²) in [6, 6.07) is 13.0. The summed E-state index contributed by atoms with van der Waals surface area (Å²) in [4.78, 5) is 16.4. The number of amides is 1. The van der Waals surface area contributed by atoms with Crippen LogP contribution in [-0.2, 0) is 13.0 Å². The lowest BCUT2D eigenvalue weighted by molar-refractivity contribution is 0.102. The van der Waals surface area contributed by atoms with E-state index in [4.69, 9.17) is 0 Å². The number of hydrogen-bond acceptors (Lipinski definition) is 4. The van der Waals surface area contributed by atoms with E-state index in [-0.39, 0.29) is 5.91 Å². The zero-order valence-corrected chi connectivity index (χ0v) is 13.9. The van der Waals surface area contributed by atoms with Gasteiger partial charge in [0.2, 0.25) is 0 Å². The quantitative estimate of drug-likeness (QED) is 0.798. The molecule has 1 aromatic carbocycles. The Hall–Kier alpha value is -3.02. The van der Waals surface area contributed by atoms with Crippen LogP contribution in [0, 0.1) is 0 Å². The molecule has 0 fully saturated rings. The van der Waals surface area contributed by atoms with Gasteiger partial charge in [-0.1, -0.05) is 24.6 Å². The Bertz CT molecular complexity index is 888. The summed E-state index contributed by atoms with van der Waals surface area (Å²) in [6.07, 6.45) is 6.12. The summed E-state index contributed by atoms with van der Waals surface area (Å²) >= 11 is 0. The molecule has 25 heavy (non-hydrogen) atoms. The monoisotopic (exact) mass is 333 g/mol. The molecule has 3 heterocycles. The number of aromatic nitrogens is 4. The first kappa shape index (κ1) is 15.5. The van der Waals surface area contributed by atoms with Gasteiger partial charge in [0.15, 0.2) is 5.82 Å². The van der Waals surface area contributed by atoms with E-state index in [2.05, 4.69) is 25.1 Å². The van der Waals surface area contributed by atoms with Crippen molar-refractivity contribution in [2.75, 3.05) is 5.32 Å². The molecule has 1 N–H and O–H groups in total. The van der Waals surface area contributed by atoms with Crippen LogP contribution in [-0.4, -0.2) is 25.7 Å². The highest BCUT2D eigenvalue weighted by Crippen LogP contribution is 2.25. The average Bonchev–Trinajstić information content (AvgIpc) is 2.91. The number of fused-ring (bicyclic) bond motifs is 1. The Labute approximate surface area is 145 Å². The van der Waals surface area contributed by atoms with Crippen molar-refractivity contribution in [2.24, 2.45) is 0 Å². The number of aryl methyl sites for hydroxylation is 1. The summed E-state index contributed by atoms with van der Waals surface area (Å²) in [5, 5.41) is 11.6. The van der Waals surface area contributed by atoms with Crippen LogP contribution in [0.3, 0.4) is 0 Å². The lowest BCUT2D eigenvalue weighted by Crippen LogP contribution is -2.13. The number of nitrogens with one attached hydrogen (secondary N) is 1. The highest BCUT2D eigenvalue weighted by atomic mass is 16.1. The van der Waals surface area contributed by atoms with Gasteiger partial charge in [0.05, 0.1) is 0 Å². The van der Waals surface area contributed by atoms with Crippen LogP contribution < -0.4 is 5.32 Å². The summed E-state index contributed by atoms with van der Waals surface area (Å²) in [7, 11) is 0.